The summed E-state index contributed by atoms with van der Waals surface area (Å²) in [5.41, 5.74) is 1.48. The largest absolute Gasteiger partial charge is 0.342 e. The van der Waals surface area contributed by atoms with E-state index in [0.29, 0.717) is 5.91 Å². The van der Waals surface area contributed by atoms with Gasteiger partial charge in [-0.25, -0.2) is 0 Å². The van der Waals surface area contributed by atoms with Crippen molar-refractivity contribution < 1.29 is 4.79 Å². The smallest absolute Gasteiger partial charge is 0.227 e. The van der Waals surface area contributed by atoms with E-state index >= 15 is 0 Å². The molecule has 3 rings (SSSR count). The molecule has 2 atom stereocenters. The second kappa shape index (κ2) is 6.80. The number of piperidine rings is 1. The van der Waals surface area contributed by atoms with E-state index in [9.17, 15) is 4.79 Å². The lowest BCUT2D eigenvalue weighted by molar-refractivity contribution is -0.137. The van der Waals surface area contributed by atoms with E-state index in [1.807, 2.05) is 0 Å². The zero-order chi connectivity index (χ0) is 14.0. The predicted molar refractivity (Wildman–Crippen MR) is 87.8 cm³/mol. The van der Waals surface area contributed by atoms with Crippen LogP contribution in [0.2, 0.25) is 0 Å². The molecule has 1 aromatic rings. The molecule has 0 spiro atoms. The molecule has 116 valence electrons. The SMILES string of the molecule is CC1(c2ccccc2)CCCN(C(=O)C2CCNC2)C1.Cl. The maximum absolute atomic E-state index is 12.6. The van der Waals surface area contributed by atoms with Gasteiger partial charge < -0.3 is 10.2 Å². The van der Waals surface area contributed by atoms with E-state index in [1.54, 1.807) is 0 Å². The van der Waals surface area contributed by atoms with Crippen LogP contribution in [0.15, 0.2) is 30.3 Å². The van der Waals surface area contributed by atoms with E-state index < -0.39 is 0 Å². The quantitative estimate of drug-likeness (QED) is 0.911. The predicted octanol–water partition coefficient (Wildman–Crippen LogP) is 2.60. The van der Waals surface area contributed by atoms with Gasteiger partial charge in [0, 0.05) is 25.0 Å². The Kier molecular flexibility index (Phi) is 5.28. The van der Waals surface area contributed by atoms with Crippen molar-refractivity contribution in [2.45, 2.75) is 31.6 Å². The van der Waals surface area contributed by atoms with Crippen LogP contribution in [-0.4, -0.2) is 37.0 Å². The summed E-state index contributed by atoms with van der Waals surface area (Å²) in [6.07, 6.45) is 3.28. The normalized spacial score (nSPS) is 29.0. The summed E-state index contributed by atoms with van der Waals surface area (Å²) in [6, 6.07) is 10.7. The highest BCUT2D eigenvalue weighted by Crippen LogP contribution is 2.34. The zero-order valence-corrected chi connectivity index (χ0v) is 13.5. The monoisotopic (exact) mass is 308 g/mol. The number of hydrogen-bond donors (Lipinski definition) is 1. The van der Waals surface area contributed by atoms with Gasteiger partial charge in [-0.2, -0.15) is 0 Å². The molecule has 2 heterocycles. The molecule has 2 saturated heterocycles. The van der Waals surface area contributed by atoms with E-state index in [1.165, 1.54) is 12.0 Å². The summed E-state index contributed by atoms with van der Waals surface area (Å²) in [5, 5.41) is 3.30. The van der Waals surface area contributed by atoms with Crippen LogP contribution in [0.1, 0.15) is 31.7 Å². The van der Waals surface area contributed by atoms with Gasteiger partial charge in [-0.1, -0.05) is 37.3 Å². The number of rotatable bonds is 2. The van der Waals surface area contributed by atoms with Crippen molar-refractivity contribution in [3.63, 3.8) is 0 Å². The van der Waals surface area contributed by atoms with Crippen molar-refractivity contribution >= 4 is 18.3 Å². The summed E-state index contributed by atoms with van der Waals surface area (Å²) < 4.78 is 0. The van der Waals surface area contributed by atoms with Gasteiger partial charge in [0.15, 0.2) is 0 Å². The maximum atomic E-state index is 12.6. The molecule has 0 aliphatic carbocycles. The average molecular weight is 309 g/mol. The third-order valence-electron chi connectivity index (χ3n) is 4.89. The highest BCUT2D eigenvalue weighted by Gasteiger charge is 2.36. The molecular weight excluding hydrogens is 284 g/mol. The van der Waals surface area contributed by atoms with Crippen LogP contribution >= 0.6 is 12.4 Å². The van der Waals surface area contributed by atoms with Gasteiger partial charge in [-0.15, -0.1) is 12.4 Å². The molecule has 1 aromatic carbocycles. The van der Waals surface area contributed by atoms with Gasteiger partial charge in [0.05, 0.1) is 5.92 Å². The second-order valence-corrected chi connectivity index (χ2v) is 6.48. The van der Waals surface area contributed by atoms with Crippen molar-refractivity contribution in [1.82, 2.24) is 10.2 Å². The molecule has 2 fully saturated rings. The standard InChI is InChI=1S/C17H24N2O.ClH/c1-17(15-6-3-2-4-7-15)9-5-11-19(13-17)16(20)14-8-10-18-12-14;/h2-4,6-7,14,18H,5,8-13H2,1H3;1H. The summed E-state index contributed by atoms with van der Waals surface area (Å²) in [4.78, 5) is 14.7. The Balaban J connectivity index is 0.00000161. The van der Waals surface area contributed by atoms with E-state index in [2.05, 4.69) is 47.5 Å². The first-order chi connectivity index (χ1) is 9.69. The van der Waals surface area contributed by atoms with E-state index in [-0.39, 0.29) is 23.7 Å². The highest BCUT2D eigenvalue weighted by atomic mass is 35.5. The first-order valence-electron chi connectivity index (χ1n) is 7.74. The van der Waals surface area contributed by atoms with Gasteiger partial charge in [0.1, 0.15) is 0 Å². The molecule has 2 aliphatic heterocycles. The first kappa shape index (κ1) is 16.3. The van der Waals surface area contributed by atoms with Crippen molar-refractivity contribution in [1.29, 1.82) is 0 Å². The molecule has 3 nitrogen and oxygen atoms in total. The van der Waals surface area contributed by atoms with Crippen molar-refractivity contribution in [2.24, 2.45) is 5.92 Å². The summed E-state index contributed by atoms with van der Waals surface area (Å²) in [7, 11) is 0. The minimum Gasteiger partial charge on any atom is -0.342 e. The molecule has 1 N–H and O–H groups in total. The molecule has 0 radical (unpaired) electrons. The summed E-state index contributed by atoms with van der Waals surface area (Å²) in [5.74, 6) is 0.560. The fraction of sp³-hybridized carbons (Fsp3) is 0.588. The van der Waals surface area contributed by atoms with Gasteiger partial charge in [0.25, 0.3) is 0 Å². The second-order valence-electron chi connectivity index (χ2n) is 6.48. The van der Waals surface area contributed by atoms with E-state index in [0.717, 1.165) is 39.0 Å². The Morgan fingerprint density at radius 2 is 2.10 bits per heavy atom. The maximum Gasteiger partial charge on any atom is 0.227 e. The fourth-order valence-corrected chi connectivity index (χ4v) is 3.63. The number of carbonyl (C=O) groups is 1. The third kappa shape index (κ3) is 3.41. The molecule has 0 aromatic heterocycles. The fourth-order valence-electron chi connectivity index (χ4n) is 3.63. The van der Waals surface area contributed by atoms with Crippen LogP contribution in [0.4, 0.5) is 0 Å². The average Bonchev–Trinajstić information content (AvgIpc) is 3.02. The van der Waals surface area contributed by atoms with Crippen molar-refractivity contribution in [3.8, 4) is 0 Å². The number of benzene rings is 1. The van der Waals surface area contributed by atoms with Crippen LogP contribution in [0.3, 0.4) is 0 Å². The Morgan fingerprint density at radius 1 is 1.33 bits per heavy atom. The number of carbonyl (C=O) groups excluding carboxylic acids is 1. The number of nitrogens with zero attached hydrogens (tertiary/aromatic N) is 1. The Bertz CT molecular complexity index is 473. The van der Waals surface area contributed by atoms with Crippen LogP contribution in [0.5, 0.6) is 0 Å². The number of hydrogen-bond acceptors (Lipinski definition) is 2. The Hall–Kier alpha value is -1.06. The molecule has 2 unspecified atom stereocenters. The number of nitrogens with one attached hydrogen (secondary N) is 1. The lowest BCUT2D eigenvalue weighted by atomic mass is 9.75. The lowest BCUT2D eigenvalue weighted by Crippen LogP contribution is -2.49. The first-order valence-corrected chi connectivity index (χ1v) is 7.74. The van der Waals surface area contributed by atoms with Crippen LogP contribution in [0, 0.1) is 5.92 Å². The Morgan fingerprint density at radius 3 is 2.76 bits per heavy atom. The zero-order valence-electron chi connectivity index (χ0n) is 12.7. The van der Waals surface area contributed by atoms with Crippen molar-refractivity contribution in [3.05, 3.63) is 35.9 Å². The van der Waals surface area contributed by atoms with Gasteiger partial charge >= 0.3 is 0 Å². The molecule has 4 heteroatoms. The highest BCUT2D eigenvalue weighted by molar-refractivity contribution is 5.85. The number of likely N-dealkylation sites (tertiary alicyclic amines) is 1. The minimum absolute atomic E-state index is 0. The molecule has 21 heavy (non-hydrogen) atoms. The topological polar surface area (TPSA) is 32.3 Å². The minimum atomic E-state index is 0. The van der Waals surface area contributed by atoms with Gasteiger partial charge in [-0.3, -0.25) is 4.79 Å². The Labute approximate surface area is 133 Å². The van der Waals surface area contributed by atoms with Crippen LogP contribution in [0.25, 0.3) is 0 Å². The molecule has 0 saturated carbocycles. The van der Waals surface area contributed by atoms with E-state index in [4.69, 9.17) is 0 Å². The van der Waals surface area contributed by atoms with Gasteiger partial charge in [0.2, 0.25) is 5.91 Å². The van der Waals surface area contributed by atoms with Crippen molar-refractivity contribution in [2.75, 3.05) is 26.2 Å². The lowest BCUT2D eigenvalue weighted by Gasteiger charge is -2.41. The molecule has 1 amide bonds. The third-order valence-corrected chi connectivity index (χ3v) is 4.89. The molecule has 2 aliphatic rings. The van der Waals surface area contributed by atoms with Crippen LogP contribution < -0.4 is 5.32 Å². The molecule has 0 bridgehead atoms. The molecular formula is C17H25ClN2O. The summed E-state index contributed by atoms with van der Waals surface area (Å²) in [6.45, 7) is 5.94. The van der Waals surface area contributed by atoms with Crippen LogP contribution in [-0.2, 0) is 10.2 Å². The van der Waals surface area contributed by atoms with Gasteiger partial charge in [-0.05, 0) is 31.4 Å². The number of halogens is 1. The number of amides is 1. The summed E-state index contributed by atoms with van der Waals surface area (Å²) >= 11 is 0.